The first-order chi connectivity index (χ1) is 6.72. The van der Waals surface area contributed by atoms with Crippen molar-refractivity contribution in [2.24, 2.45) is 0 Å². The van der Waals surface area contributed by atoms with E-state index < -0.39 is 11.4 Å². The third-order valence-electron chi connectivity index (χ3n) is 1.91. The highest BCUT2D eigenvalue weighted by Crippen LogP contribution is 2.14. The number of rotatable bonds is 5. The third kappa shape index (κ3) is 3.89. The molecule has 0 fully saturated rings. The highest BCUT2D eigenvalue weighted by molar-refractivity contribution is 7.74. The molecule has 0 bridgehead atoms. The van der Waals surface area contributed by atoms with E-state index in [4.69, 9.17) is 4.55 Å². The van der Waals surface area contributed by atoms with Gasteiger partial charge in [-0.2, -0.15) is 4.21 Å². The molecule has 0 aliphatic heterocycles. The molecule has 0 radical (unpaired) electrons. The van der Waals surface area contributed by atoms with Crippen LogP contribution in [0.3, 0.4) is 0 Å². The zero-order valence-corrected chi connectivity index (χ0v) is 8.92. The van der Waals surface area contributed by atoms with Crippen molar-refractivity contribution in [3.8, 4) is 5.75 Å². The van der Waals surface area contributed by atoms with Crippen LogP contribution < -0.4 is 4.18 Å². The molecule has 78 valence electrons. The molecule has 0 saturated carbocycles. The van der Waals surface area contributed by atoms with Gasteiger partial charge in [0, 0.05) is 0 Å². The van der Waals surface area contributed by atoms with Crippen LogP contribution in [0.15, 0.2) is 24.3 Å². The summed E-state index contributed by atoms with van der Waals surface area (Å²) in [7, 11) is 0. The minimum absolute atomic E-state index is 0.422. The SMILES string of the molecule is CCCCc1ccc(OS(=O)O)cc1. The van der Waals surface area contributed by atoms with Crippen molar-refractivity contribution in [1.82, 2.24) is 0 Å². The van der Waals surface area contributed by atoms with Gasteiger partial charge < -0.3 is 4.18 Å². The Balaban J connectivity index is 2.54. The minimum Gasteiger partial charge on any atom is -0.380 e. The van der Waals surface area contributed by atoms with Gasteiger partial charge in [-0.05, 0) is 30.5 Å². The van der Waals surface area contributed by atoms with E-state index in [1.165, 1.54) is 12.0 Å². The van der Waals surface area contributed by atoms with Crippen LogP contribution in [0.5, 0.6) is 5.75 Å². The Hall–Kier alpha value is -0.870. The van der Waals surface area contributed by atoms with Crippen LogP contribution >= 0.6 is 0 Å². The Morgan fingerprint density at radius 3 is 2.50 bits per heavy atom. The quantitative estimate of drug-likeness (QED) is 0.766. The second-order valence-corrected chi connectivity index (χ2v) is 3.65. The highest BCUT2D eigenvalue weighted by atomic mass is 32.2. The van der Waals surface area contributed by atoms with Crippen LogP contribution in [-0.4, -0.2) is 8.76 Å². The van der Waals surface area contributed by atoms with Crippen LogP contribution in [0.4, 0.5) is 0 Å². The average Bonchev–Trinajstić information content (AvgIpc) is 2.16. The molecule has 0 aromatic heterocycles. The lowest BCUT2D eigenvalue weighted by atomic mass is 10.1. The van der Waals surface area contributed by atoms with Gasteiger partial charge in [-0.3, -0.25) is 4.55 Å². The monoisotopic (exact) mass is 214 g/mol. The molecule has 0 amide bonds. The normalized spacial score (nSPS) is 12.4. The minimum atomic E-state index is -2.23. The second kappa shape index (κ2) is 5.78. The van der Waals surface area contributed by atoms with Crippen LogP contribution in [0.1, 0.15) is 25.3 Å². The van der Waals surface area contributed by atoms with Gasteiger partial charge >= 0.3 is 11.4 Å². The van der Waals surface area contributed by atoms with Gasteiger partial charge in [-0.25, -0.2) is 0 Å². The summed E-state index contributed by atoms with van der Waals surface area (Å²) in [6.45, 7) is 2.15. The fourth-order valence-electron chi connectivity index (χ4n) is 1.17. The molecular weight excluding hydrogens is 200 g/mol. The maximum Gasteiger partial charge on any atom is 0.357 e. The largest absolute Gasteiger partial charge is 0.380 e. The van der Waals surface area contributed by atoms with Crippen molar-refractivity contribution in [1.29, 1.82) is 0 Å². The molecule has 0 saturated heterocycles. The summed E-state index contributed by atoms with van der Waals surface area (Å²) in [5, 5.41) is 0. The number of aryl methyl sites for hydroxylation is 1. The van der Waals surface area contributed by atoms with E-state index in [1.807, 2.05) is 12.1 Å². The maximum atomic E-state index is 10.3. The van der Waals surface area contributed by atoms with Gasteiger partial charge in [-0.1, -0.05) is 25.5 Å². The van der Waals surface area contributed by atoms with E-state index >= 15 is 0 Å². The fraction of sp³-hybridized carbons (Fsp3) is 0.400. The lowest BCUT2D eigenvalue weighted by Crippen LogP contribution is -1.97. The van der Waals surface area contributed by atoms with Crippen molar-refractivity contribution < 1.29 is 12.9 Å². The predicted molar refractivity (Wildman–Crippen MR) is 56.5 cm³/mol. The Bertz CT molecular complexity index is 295. The second-order valence-electron chi connectivity index (χ2n) is 3.05. The van der Waals surface area contributed by atoms with Gasteiger partial charge in [-0.15, -0.1) is 0 Å². The molecule has 0 aliphatic carbocycles. The molecule has 0 aliphatic rings. The number of hydrogen-bond acceptors (Lipinski definition) is 2. The Morgan fingerprint density at radius 1 is 1.36 bits per heavy atom. The van der Waals surface area contributed by atoms with Gasteiger partial charge in [0.15, 0.2) is 0 Å². The Kier molecular flexibility index (Phi) is 4.62. The molecule has 1 unspecified atom stereocenters. The first-order valence-corrected chi connectivity index (χ1v) is 5.63. The van der Waals surface area contributed by atoms with Gasteiger partial charge in [0.05, 0.1) is 0 Å². The Labute approximate surface area is 86.6 Å². The van der Waals surface area contributed by atoms with Gasteiger partial charge in [0.1, 0.15) is 5.75 Å². The smallest absolute Gasteiger partial charge is 0.357 e. The Morgan fingerprint density at radius 2 is 2.00 bits per heavy atom. The summed E-state index contributed by atoms with van der Waals surface area (Å²) in [6.07, 6.45) is 3.37. The third-order valence-corrected chi connectivity index (χ3v) is 2.24. The van der Waals surface area contributed by atoms with Crippen molar-refractivity contribution in [2.75, 3.05) is 0 Å². The van der Waals surface area contributed by atoms with E-state index in [0.29, 0.717) is 5.75 Å². The number of unbranched alkanes of at least 4 members (excludes halogenated alkanes) is 1. The topological polar surface area (TPSA) is 46.5 Å². The van der Waals surface area contributed by atoms with E-state index in [9.17, 15) is 4.21 Å². The van der Waals surface area contributed by atoms with Crippen molar-refractivity contribution in [3.63, 3.8) is 0 Å². The zero-order chi connectivity index (χ0) is 10.4. The molecular formula is C10H14O3S. The number of hydrogen-bond donors (Lipinski definition) is 1. The standard InChI is InChI=1S/C10H14O3S/c1-2-3-4-9-5-7-10(8-6-9)13-14(11)12/h5-8H,2-4H2,1H3,(H,11,12). The van der Waals surface area contributed by atoms with E-state index in [0.717, 1.165) is 12.8 Å². The van der Waals surface area contributed by atoms with Crippen molar-refractivity contribution in [2.45, 2.75) is 26.2 Å². The molecule has 1 atom stereocenters. The van der Waals surface area contributed by atoms with Crippen molar-refractivity contribution in [3.05, 3.63) is 29.8 Å². The number of benzene rings is 1. The van der Waals surface area contributed by atoms with E-state index in [2.05, 4.69) is 11.1 Å². The van der Waals surface area contributed by atoms with Gasteiger partial charge in [0.2, 0.25) is 0 Å². The molecule has 4 heteroatoms. The first-order valence-electron chi connectivity index (χ1n) is 4.60. The van der Waals surface area contributed by atoms with Crippen molar-refractivity contribution >= 4 is 11.4 Å². The van der Waals surface area contributed by atoms with Crippen LogP contribution in [0.2, 0.25) is 0 Å². The molecule has 1 aromatic rings. The van der Waals surface area contributed by atoms with Crippen LogP contribution in [0.25, 0.3) is 0 Å². The summed E-state index contributed by atoms with van der Waals surface area (Å²) >= 11 is -2.23. The lowest BCUT2D eigenvalue weighted by molar-refractivity contribution is 0.458. The molecule has 1 aromatic carbocycles. The molecule has 1 rings (SSSR count). The molecule has 1 N–H and O–H groups in total. The van der Waals surface area contributed by atoms with E-state index in [-0.39, 0.29) is 0 Å². The molecule has 3 nitrogen and oxygen atoms in total. The summed E-state index contributed by atoms with van der Waals surface area (Å²) < 4.78 is 23.4. The molecule has 0 spiro atoms. The first kappa shape index (κ1) is 11.2. The average molecular weight is 214 g/mol. The zero-order valence-electron chi connectivity index (χ0n) is 8.10. The summed E-state index contributed by atoms with van der Waals surface area (Å²) in [6, 6.07) is 7.24. The summed E-state index contributed by atoms with van der Waals surface area (Å²) in [5.41, 5.74) is 1.22. The highest BCUT2D eigenvalue weighted by Gasteiger charge is 1.98. The van der Waals surface area contributed by atoms with Crippen LogP contribution in [0, 0.1) is 0 Å². The van der Waals surface area contributed by atoms with Crippen LogP contribution in [-0.2, 0) is 17.8 Å². The molecule has 14 heavy (non-hydrogen) atoms. The maximum absolute atomic E-state index is 10.3. The van der Waals surface area contributed by atoms with E-state index in [1.54, 1.807) is 12.1 Å². The summed E-state index contributed by atoms with van der Waals surface area (Å²) in [5.74, 6) is 0.422. The molecule has 0 heterocycles. The fourth-order valence-corrected chi connectivity index (χ4v) is 1.45. The van der Waals surface area contributed by atoms with Gasteiger partial charge in [0.25, 0.3) is 0 Å². The predicted octanol–water partition coefficient (Wildman–Crippen LogP) is 2.54. The lowest BCUT2D eigenvalue weighted by Gasteiger charge is -2.02. The summed E-state index contributed by atoms with van der Waals surface area (Å²) in [4.78, 5) is 0.